The van der Waals surface area contributed by atoms with Crippen molar-refractivity contribution in [2.75, 3.05) is 11.9 Å². The third-order valence-corrected chi connectivity index (χ3v) is 3.72. The summed E-state index contributed by atoms with van der Waals surface area (Å²) in [6.45, 7) is 0.308. The van der Waals surface area contributed by atoms with Crippen LogP contribution in [0.4, 0.5) is 5.69 Å². The summed E-state index contributed by atoms with van der Waals surface area (Å²) in [4.78, 5) is 24.7. The van der Waals surface area contributed by atoms with Crippen LogP contribution in [0.5, 0.6) is 0 Å². The molecular weight excluding hydrogens is 302 g/mol. The average molecular weight is 318 g/mol. The number of para-hydroxylation sites is 1. The van der Waals surface area contributed by atoms with Gasteiger partial charge in [0.1, 0.15) is 0 Å². The highest BCUT2D eigenvalue weighted by atomic mass is 35.5. The molecule has 2 atom stereocenters. The zero-order valence-electron chi connectivity index (χ0n) is 12.1. The standard InChI is InChI=1S/C17H16ClNO3/c1-19(14-10-6-3-7-11-14)17(21)15(18)16(22-12-20)13-8-4-2-5-9-13/h2-12,15-16H,1H3/t15-,16-/m1/s1. The number of benzene rings is 2. The van der Waals surface area contributed by atoms with E-state index in [1.54, 1.807) is 43.4 Å². The van der Waals surface area contributed by atoms with Crippen molar-refractivity contribution in [3.05, 3.63) is 66.2 Å². The Morgan fingerprint density at radius 2 is 1.64 bits per heavy atom. The minimum atomic E-state index is -1.02. The van der Waals surface area contributed by atoms with Gasteiger partial charge in [-0.25, -0.2) is 0 Å². The van der Waals surface area contributed by atoms with E-state index in [2.05, 4.69) is 0 Å². The second-order valence-electron chi connectivity index (χ2n) is 4.70. The van der Waals surface area contributed by atoms with Crippen molar-refractivity contribution in [3.63, 3.8) is 0 Å². The summed E-state index contributed by atoms with van der Waals surface area (Å²) in [5, 5.41) is -1.02. The Labute approximate surface area is 134 Å². The molecule has 4 nitrogen and oxygen atoms in total. The summed E-state index contributed by atoms with van der Waals surface area (Å²) < 4.78 is 5.04. The first-order valence-corrected chi connectivity index (χ1v) is 7.19. The Hall–Kier alpha value is -2.33. The molecule has 0 aliphatic rings. The Morgan fingerprint density at radius 3 is 2.18 bits per heavy atom. The van der Waals surface area contributed by atoms with E-state index >= 15 is 0 Å². The molecule has 0 aliphatic carbocycles. The first-order chi connectivity index (χ1) is 10.6. The van der Waals surface area contributed by atoms with E-state index in [4.69, 9.17) is 16.3 Å². The summed E-state index contributed by atoms with van der Waals surface area (Å²) >= 11 is 6.28. The summed E-state index contributed by atoms with van der Waals surface area (Å²) in [5.41, 5.74) is 1.39. The van der Waals surface area contributed by atoms with Gasteiger partial charge in [0.25, 0.3) is 6.47 Å². The quantitative estimate of drug-likeness (QED) is 0.607. The number of halogens is 1. The molecule has 2 aromatic rings. The van der Waals surface area contributed by atoms with Crippen LogP contribution >= 0.6 is 11.6 Å². The molecule has 0 N–H and O–H groups in total. The van der Waals surface area contributed by atoms with Gasteiger partial charge < -0.3 is 9.64 Å². The fourth-order valence-electron chi connectivity index (χ4n) is 2.11. The molecule has 2 aromatic carbocycles. The average Bonchev–Trinajstić information content (AvgIpc) is 2.59. The zero-order valence-corrected chi connectivity index (χ0v) is 12.8. The molecule has 2 rings (SSSR count). The minimum Gasteiger partial charge on any atom is -0.458 e. The minimum absolute atomic E-state index is 0.308. The maximum atomic E-state index is 12.5. The molecule has 5 heteroatoms. The Morgan fingerprint density at radius 1 is 1.09 bits per heavy atom. The Balaban J connectivity index is 2.21. The van der Waals surface area contributed by atoms with Gasteiger partial charge in [-0.1, -0.05) is 48.5 Å². The first-order valence-electron chi connectivity index (χ1n) is 6.76. The lowest BCUT2D eigenvalue weighted by Crippen LogP contribution is -2.37. The Kier molecular flexibility index (Phi) is 5.55. The van der Waals surface area contributed by atoms with E-state index in [1.807, 2.05) is 24.3 Å². The topological polar surface area (TPSA) is 46.6 Å². The number of rotatable bonds is 6. The van der Waals surface area contributed by atoms with E-state index in [0.29, 0.717) is 12.0 Å². The number of nitrogens with zero attached hydrogens (tertiary/aromatic N) is 1. The van der Waals surface area contributed by atoms with Gasteiger partial charge in [-0.2, -0.15) is 0 Å². The second kappa shape index (κ2) is 7.61. The fraction of sp³-hybridized carbons (Fsp3) is 0.176. The molecule has 22 heavy (non-hydrogen) atoms. The van der Waals surface area contributed by atoms with Gasteiger partial charge in [-0.05, 0) is 17.7 Å². The summed E-state index contributed by atoms with van der Waals surface area (Å²) in [7, 11) is 1.63. The lowest BCUT2D eigenvalue weighted by molar-refractivity contribution is -0.135. The zero-order chi connectivity index (χ0) is 15.9. The predicted octanol–water partition coefficient (Wildman–Crippen LogP) is 3.17. The number of hydrogen-bond donors (Lipinski definition) is 0. The number of hydrogen-bond acceptors (Lipinski definition) is 3. The molecule has 0 aromatic heterocycles. The highest BCUT2D eigenvalue weighted by Crippen LogP contribution is 2.27. The molecule has 0 aliphatic heterocycles. The number of carbonyl (C=O) groups is 2. The van der Waals surface area contributed by atoms with E-state index < -0.39 is 11.5 Å². The van der Waals surface area contributed by atoms with Gasteiger partial charge in [0.15, 0.2) is 11.5 Å². The van der Waals surface area contributed by atoms with Crippen LogP contribution in [-0.4, -0.2) is 24.8 Å². The summed E-state index contributed by atoms with van der Waals surface area (Å²) in [6, 6.07) is 18.1. The van der Waals surface area contributed by atoms with E-state index in [0.717, 1.165) is 5.69 Å². The molecule has 0 fully saturated rings. The highest BCUT2D eigenvalue weighted by molar-refractivity contribution is 6.33. The largest absolute Gasteiger partial charge is 0.458 e. The maximum Gasteiger partial charge on any atom is 0.293 e. The molecule has 0 saturated heterocycles. The van der Waals surface area contributed by atoms with Crippen LogP contribution in [0.3, 0.4) is 0 Å². The summed E-state index contributed by atoms with van der Waals surface area (Å²) in [6.07, 6.45) is -0.834. The van der Waals surface area contributed by atoms with Gasteiger partial charge in [0, 0.05) is 12.7 Å². The van der Waals surface area contributed by atoms with Crippen LogP contribution < -0.4 is 4.90 Å². The fourth-order valence-corrected chi connectivity index (χ4v) is 2.46. The molecule has 114 valence electrons. The van der Waals surface area contributed by atoms with Gasteiger partial charge in [-0.3, -0.25) is 9.59 Å². The highest BCUT2D eigenvalue weighted by Gasteiger charge is 2.31. The van der Waals surface area contributed by atoms with E-state index in [1.165, 1.54) is 4.90 Å². The van der Waals surface area contributed by atoms with Gasteiger partial charge in [0.05, 0.1) is 0 Å². The van der Waals surface area contributed by atoms with Crippen molar-refractivity contribution < 1.29 is 14.3 Å². The molecule has 0 bridgehead atoms. The molecule has 0 spiro atoms. The van der Waals surface area contributed by atoms with Crippen molar-refractivity contribution in [2.45, 2.75) is 11.5 Å². The van der Waals surface area contributed by atoms with Crippen LogP contribution in [0.1, 0.15) is 11.7 Å². The van der Waals surface area contributed by atoms with Gasteiger partial charge in [0.2, 0.25) is 5.91 Å². The van der Waals surface area contributed by atoms with Crippen LogP contribution in [0.15, 0.2) is 60.7 Å². The third kappa shape index (κ3) is 3.65. The van der Waals surface area contributed by atoms with Gasteiger partial charge >= 0.3 is 0 Å². The van der Waals surface area contributed by atoms with Crippen molar-refractivity contribution in [2.24, 2.45) is 0 Å². The second-order valence-corrected chi connectivity index (χ2v) is 5.17. The van der Waals surface area contributed by atoms with Crippen molar-refractivity contribution in [1.82, 2.24) is 0 Å². The molecule has 0 radical (unpaired) electrons. The number of amides is 1. The monoisotopic (exact) mass is 317 g/mol. The Bertz CT molecular complexity index is 618. The smallest absolute Gasteiger partial charge is 0.293 e. The lowest BCUT2D eigenvalue weighted by Gasteiger charge is -2.25. The number of anilines is 1. The summed E-state index contributed by atoms with van der Waals surface area (Å²) in [5.74, 6) is -0.344. The number of alkyl halides is 1. The molecular formula is C17H16ClNO3. The predicted molar refractivity (Wildman–Crippen MR) is 85.8 cm³/mol. The van der Waals surface area contributed by atoms with Crippen molar-refractivity contribution >= 4 is 29.7 Å². The van der Waals surface area contributed by atoms with E-state index in [9.17, 15) is 9.59 Å². The van der Waals surface area contributed by atoms with Crippen molar-refractivity contribution in [3.8, 4) is 0 Å². The van der Waals surface area contributed by atoms with Crippen LogP contribution in [0.2, 0.25) is 0 Å². The van der Waals surface area contributed by atoms with E-state index in [-0.39, 0.29) is 5.91 Å². The van der Waals surface area contributed by atoms with Gasteiger partial charge in [-0.15, -0.1) is 11.6 Å². The third-order valence-electron chi connectivity index (χ3n) is 3.31. The molecule has 1 amide bonds. The van der Waals surface area contributed by atoms with Crippen LogP contribution in [0.25, 0.3) is 0 Å². The molecule has 0 unspecified atom stereocenters. The molecule has 0 saturated carbocycles. The van der Waals surface area contributed by atoms with Crippen LogP contribution in [0, 0.1) is 0 Å². The lowest BCUT2D eigenvalue weighted by atomic mass is 10.1. The SMILES string of the molecule is CN(C(=O)[C@H](Cl)[C@H](OC=O)c1ccccc1)c1ccccc1. The normalized spacial score (nSPS) is 13.0. The van der Waals surface area contributed by atoms with Crippen LogP contribution in [-0.2, 0) is 14.3 Å². The maximum absolute atomic E-state index is 12.5. The first kappa shape index (κ1) is 16.0. The molecule has 0 heterocycles. The number of carbonyl (C=O) groups excluding carboxylic acids is 2. The van der Waals surface area contributed by atoms with Crippen molar-refractivity contribution in [1.29, 1.82) is 0 Å². The number of ether oxygens (including phenoxy) is 1.